The highest BCUT2D eigenvalue weighted by molar-refractivity contribution is 6.30. The van der Waals surface area contributed by atoms with Gasteiger partial charge >= 0.3 is 11.9 Å². The van der Waals surface area contributed by atoms with Crippen LogP contribution >= 0.6 is 11.6 Å². The number of nitrogens with one attached hydrogen (secondary N) is 1. The molecule has 7 nitrogen and oxygen atoms in total. The first-order valence-electron chi connectivity index (χ1n) is 8.47. The number of halogens is 1. The van der Waals surface area contributed by atoms with Gasteiger partial charge in [0.2, 0.25) is 0 Å². The summed E-state index contributed by atoms with van der Waals surface area (Å²) < 4.78 is 14.7. The smallest absolute Gasteiger partial charge is 0.336 e. The summed E-state index contributed by atoms with van der Waals surface area (Å²) in [6.07, 6.45) is 1.44. The summed E-state index contributed by atoms with van der Waals surface area (Å²) in [6, 6.07) is 11.5. The zero-order valence-electron chi connectivity index (χ0n) is 16.1. The number of esters is 2. The predicted molar refractivity (Wildman–Crippen MR) is 108 cm³/mol. The molecule has 1 amide bonds. The Kier molecular flexibility index (Phi) is 7.79. The molecule has 2 aromatic rings. The number of ether oxygens (including phenoxy) is 3. The van der Waals surface area contributed by atoms with Crippen molar-refractivity contribution in [2.45, 2.75) is 6.04 Å². The summed E-state index contributed by atoms with van der Waals surface area (Å²) in [5.41, 5.74) is 0.768. The lowest BCUT2D eigenvalue weighted by Crippen LogP contribution is -2.44. The van der Waals surface area contributed by atoms with E-state index in [4.69, 9.17) is 25.8 Å². The Morgan fingerprint density at radius 2 is 1.55 bits per heavy atom. The van der Waals surface area contributed by atoms with Crippen LogP contribution in [0.3, 0.4) is 0 Å². The maximum atomic E-state index is 12.6. The van der Waals surface area contributed by atoms with Crippen LogP contribution in [0.2, 0.25) is 5.02 Å². The van der Waals surface area contributed by atoms with Gasteiger partial charge in [-0.15, -0.1) is 0 Å². The number of carbonyl (C=O) groups is 3. The van der Waals surface area contributed by atoms with Crippen LogP contribution in [0.15, 0.2) is 54.1 Å². The van der Waals surface area contributed by atoms with Crippen molar-refractivity contribution in [1.82, 2.24) is 5.32 Å². The van der Waals surface area contributed by atoms with E-state index in [1.54, 1.807) is 24.3 Å². The molecule has 8 heteroatoms. The maximum Gasteiger partial charge on any atom is 0.336 e. The van der Waals surface area contributed by atoms with Crippen LogP contribution in [0.25, 0.3) is 6.08 Å². The standard InChI is InChI=1S/C21H20ClNO6/c1-27-16-10-4-13(5-11-16)12-17(20(25)28-2)18(21(26)29-3)23-19(24)14-6-8-15(22)9-7-14/h4-12,18H,1-3H3,(H,23,24)/b17-12+. The topological polar surface area (TPSA) is 90.9 Å². The first-order valence-corrected chi connectivity index (χ1v) is 8.85. The Bertz CT molecular complexity index is 906. The molecule has 2 aromatic carbocycles. The van der Waals surface area contributed by atoms with E-state index >= 15 is 0 Å². The van der Waals surface area contributed by atoms with E-state index in [0.29, 0.717) is 16.3 Å². The van der Waals surface area contributed by atoms with Gasteiger partial charge in [0.1, 0.15) is 5.75 Å². The molecule has 0 spiro atoms. The number of hydrogen-bond donors (Lipinski definition) is 1. The molecule has 1 atom stereocenters. The van der Waals surface area contributed by atoms with Crippen LogP contribution in [0.4, 0.5) is 0 Å². The molecule has 0 aliphatic heterocycles. The van der Waals surface area contributed by atoms with E-state index in [1.165, 1.54) is 44.6 Å². The van der Waals surface area contributed by atoms with Crippen molar-refractivity contribution in [2.75, 3.05) is 21.3 Å². The highest BCUT2D eigenvalue weighted by Gasteiger charge is 2.31. The van der Waals surface area contributed by atoms with Crippen molar-refractivity contribution in [3.8, 4) is 5.75 Å². The molecular weight excluding hydrogens is 398 g/mol. The lowest BCUT2D eigenvalue weighted by atomic mass is 10.0. The highest BCUT2D eigenvalue weighted by atomic mass is 35.5. The summed E-state index contributed by atoms with van der Waals surface area (Å²) in [7, 11) is 3.87. The summed E-state index contributed by atoms with van der Waals surface area (Å²) in [6.45, 7) is 0. The van der Waals surface area contributed by atoms with Gasteiger partial charge in [-0.25, -0.2) is 9.59 Å². The third kappa shape index (κ3) is 5.83. The molecule has 0 bridgehead atoms. The van der Waals surface area contributed by atoms with Crippen molar-refractivity contribution >= 4 is 35.5 Å². The van der Waals surface area contributed by atoms with E-state index < -0.39 is 23.9 Å². The Morgan fingerprint density at radius 1 is 0.931 bits per heavy atom. The molecule has 0 saturated carbocycles. The number of rotatable bonds is 7. The summed E-state index contributed by atoms with van der Waals surface area (Å²) in [5.74, 6) is -1.56. The molecule has 0 saturated heterocycles. The van der Waals surface area contributed by atoms with Gasteiger partial charge < -0.3 is 19.5 Å². The molecule has 2 rings (SSSR count). The van der Waals surface area contributed by atoms with Crippen LogP contribution in [0.5, 0.6) is 5.75 Å². The molecule has 29 heavy (non-hydrogen) atoms. The molecule has 0 radical (unpaired) electrons. The molecule has 0 aliphatic rings. The number of methoxy groups -OCH3 is 3. The molecule has 1 unspecified atom stereocenters. The Morgan fingerprint density at radius 3 is 2.07 bits per heavy atom. The first-order chi connectivity index (χ1) is 13.9. The average molecular weight is 418 g/mol. The van der Waals surface area contributed by atoms with Crippen molar-refractivity contribution < 1.29 is 28.6 Å². The summed E-state index contributed by atoms with van der Waals surface area (Å²) >= 11 is 5.83. The van der Waals surface area contributed by atoms with Crippen molar-refractivity contribution in [2.24, 2.45) is 0 Å². The SMILES string of the molecule is COC(=O)/C(=C/c1ccc(OC)cc1)C(NC(=O)c1ccc(Cl)cc1)C(=O)OC. The second kappa shape index (κ2) is 10.3. The largest absolute Gasteiger partial charge is 0.497 e. The van der Waals surface area contributed by atoms with Gasteiger partial charge in [0.25, 0.3) is 5.91 Å². The fourth-order valence-electron chi connectivity index (χ4n) is 2.45. The van der Waals surface area contributed by atoms with Gasteiger partial charge in [-0.1, -0.05) is 23.7 Å². The van der Waals surface area contributed by atoms with E-state index in [1.807, 2.05) is 0 Å². The second-order valence-electron chi connectivity index (χ2n) is 5.80. The minimum Gasteiger partial charge on any atom is -0.497 e. The maximum absolute atomic E-state index is 12.6. The number of amides is 1. The van der Waals surface area contributed by atoms with Crippen LogP contribution in [-0.2, 0) is 19.1 Å². The Hall–Kier alpha value is -3.32. The van der Waals surface area contributed by atoms with E-state index in [2.05, 4.69) is 5.32 Å². The van der Waals surface area contributed by atoms with E-state index in [9.17, 15) is 14.4 Å². The number of carbonyl (C=O) groups excluding carboxylic acids is 3. The quantitative estimate of drug-likeness (QED) is 0.550. The summed E-state index contributed by atoms with van der Waals surface area (Å²) in [5, 5.41) is 2.97. The Labute approximate surface area is 173 Å². The van der Waals surface area contributed by atoms with Gasteiger partial charge in [-0.2, -0.15) is 0 Å². The van der Waals surface area contributed by atoms with Crippen molar-refractivity contribution in [1.29, 1.82) is 0 Å². The van der Waals surface area contributed by atoms with Crippen LogP contribution in [-0.4, -0.2) is 45.2 Å². The van der Waals surface area contributed by atoms with Crippen LogP contribution in [0, 0.1) is 0 Å². The van der Waals surface area contributed by atoms with E-state index in [-0.39, 0.29) is 11.1 Å². The van der Waals surface area contributed by atoms with Crippen LogP contribution in [0.1, 0.15) is 15.9 Å². The fourth-order valence-corrected chi connectivity index (χ4v) is 2.58. The second-order valence-corrected chi connectivity index (χ2v) is 6.24. The molecule has 152 valence electrons. The normalized spacial score (nSPS) is 11.9. The fraction of sp³-hybridized carbons (Fsp3) is 0.190. The van der Waals surface area contributed by atoms with Gasteiger partial charge in [-0.05, 0) is 48.0 Å². The molecule has 0 fully saturated rings. The van der Waals surface area contributed by atoms with Gasteiger partial charge in [0.15, 0.2) is 6.04 Å². The van der Waals surface area contributed by atoms with Crippen molar-refractivity contribution in [3.05, 3.63) is 70.3 Å². The monoisotopic (exact) mass is 417 g/mol. The molecule has 0 aromatic heterocycles. The van der Waals surface area contributed by atoms with Gasteiger partial charge in [-0.3, -0.25) is 4.79 Å². The molecule has 0 aliphatic carbocycles. The zero-order valence-corrected chi connectivity index (χ0v) is 16.9. The number of benzene rings is 2. The first kappa shape index (κ1) is 22.0. The van der Waals surface area contributed by atoms with Crippen LogP contribution < -0.4 is 10.1 Å². The molecule has 0 heterocycles. The third-order valence-corrected chi connectivity index (χ3v) is 4.24. The highest BCUT2D eigenvalue weighted by Crippen LogP contribution is 2.18. The predicted octanol–water partition coefficient (Wildman–Crippen LogP) is 2.88. The third-order valence-electron chi connectivity index (χ3n) is 3.99. The molecular formula is C21H20ClNO6. The number of hydrogen-bond acceptors (Lipinski definition) is 6. The van der Waals surface area contributed by atoms with Gasteiger partial charge in [0, 0.05) is 10.6 Å². The zero-order chi connectivity index (χ0) is 21.4. The molecule has 1 N–H and O–H groups in total. The van der Waals surface area contributed by atoms with Crippen molar-refractivity contribution in [3.63, 3.8) is 0 Å². The minimum atomic E-state index is -1.38. The minimum absolute atomic E-state index is 0.0909. The lowest BCUT2D eigenvalue weighted by molar-refractivity contribution is -0.145. The summed E-state index contributed by atoms with van der Waals surface area (Å²) in [4.78, 5) is 37.3. The van der Waals surface area contributed by atoms with Gasteiger partial charge in [0.05, 0.1) is 26.9 Å². The lowest BCUT2D eigenvalue weighted by Gasteiger charge is -2.18. The average Bonchev–Trinajstić information content (AvgIpc) is 2.75. The van der Waals surface area contributed by atoms with E-state index in [0.717, 1.165) is 7.11 Å². The Balaban J connectivity index is 2.41.